The van der Waals surface area contributed by atoms with Crippen molar-refractivity contribution in [2.45, 2.75) is 51.2 Å². The van der Waals surface area contributed by atoms with Crippen LogP contribution in [-0.2, 0) is 6.54 Å². The number of rotatable bonds is 4. The lowest BCUT2D eigenvalue weighted by atomic mass is 9.87. The van der Waals surface area contributed by atoms with E-state index in [1.807, 2.05) is 30.0 Å². The van der Waals surface area contributed by atoms with Crippen molar-refractivity contribution in [2.24, 2.45) is 0 Å². The second kappa shape index (κ2) is 7.72. The quantitative estimate of drug-likeness (QED) is 0.635. The maximum absolute atomic E-state index is 13.2. The van der Waals surface area contributed by atoms with Crippen LogP contribution in [0.4, 0.5) is 0 Å². The maximum atomic E-state index is 13.2. The van der Waals surface area contributed by atoms with Gasteiger partial charge in [0.05, 0.1) is 38.5 Å². The standard InChI is InChI=1S/C22H25N5O4/c1-13-10-19(31-25-13)22(28)26-12-20-23-24-21(27(20)16-7-5-4-6-15(16)26)14-8-9-17(29-2)18(11-14)30-3/h8-11,15-16H,4-7,12H2,1-3H3/t15-,16-/m0/s1. The third-order valence-corrected chi connectivity index (χ3v) is 6.25. The Balaban J connectivity index is 1.55. The molecule has 1 saturated carbocycles. The second-order valence-corrected chi connectivity index (χ2v) is 8.06. The number of aromatic nitrogens is 4. The van der Waals surface area contributed by atoms with E-state index < -0.39 is 0 Å². The number of benzene rings is 1. The highest BCUT2D eigenvalue weighted by Crippen LogP contribution is 2.41. The monoisotopic (exact) mass is 423 g/mol. The van der Waals surface area contributed by atoms with Crippen molar-refractivity contribution < 1.29 is 18.8 Å². The van der Waals surface area contributed by atoms with Gasteiger partial charge >= 0.3 is 0 Å². The largest absolute Gasteiger partial charge is 0.493 e. The Kier molecular flexibility index (Phi) is 4.88. The van der Waals surface area contributed by atoms with Gasteiger partial charge in [-0.2, -0.15) is 0 Å². The average molecular weight is 423 g/mol. The summed E-state index contributed by atoms with van der Waals surface area (Å²) in [5, 5.41) is 12.8. The Hall–Kier alpha value is -3.36. The Morgan fingerprint density at radius 3 is 2.55 bits per heavy atom. The minimum atomic E-state index is -0.139. The second-order valence-electron chi connectivity index (χ2n) is 8.06. The molecule has 1 aliphatic carbocycles. The van der Waals surface area contributed by atoms with E-state index in [1.165, 1.54) is 0 Å². The Bertz CT molecular complexity index is 1120. The third kappa shape index (κ3) is 3.24. The predicted octanol–water partition coefficient (Wildman–Crippen LogP) is 3.40. The van der Waals surface area contributed by atoms with Crippen molar-refractivity contribution in [3.05, 3.63) is 41.5 Å². The van der Waals surface area contributed by atoms with Gasteiger partial charge in [-0.25, -0.2) is 0 Å². The first-order valence-corrected chi connectivity index (χ1v) is 10.5. The highest BCUT2D eigenvalue weighted by atomic mass is 16.5. The van der Waals surface area contributed by atoms with Crippen LogP contribution in [0.25, 0.3) is 11.4 Å². The summed E-state index contributed by atoms with van der Waals surface area (Å²) in [6, 6.07) is 7.62. The van der Waals surface area contributed by atoms with Crippen LogP contribution in [0.1, 0.15) is 53.8 Å². The fraction of sp³-hybridized carbons (Fsp3) is 0.455. The lowest BCUT2D eigenvalue weighted by Crippen LogP contribution is -2.50. The highest BCUT2D eigenvalue weighted by Gasteiger charge is 2.42. The van der Waals surface area contributed by atoms with Gasteiger partial charge in [-0.1, -0.05) is 18.0 Å². The van der Waals surface area contributed by atoms with E-state index in [1.54, 1.807) is 20.3 Å². The molecule has 1 aliphatic heterocycles. The summed E-state index contributed by atoms with van der Waals surface area (Å²) in [4.78, 5) is 15.1. The molecule has 1 aromatic carbocycles. The van der Waals surface area contributed by atoms with Gasteiger partial charge in [0.15, 0.2) is 23.1 Å². The van der Waals surface area contributed by atoms with Gasteiger partial charge in [-0.15, -0.1) is 10.2 Å². The maximum Gasteiger partial charge on any atom is 0.293 e. The van der Waals surface area contributed by atoms with Crippen molar-refractivity contribution in [3.8, 4) is 22.9 Å². The number of fused-ring (bicyclic) bond motifs is 3. The lowest BCUT2D eigenvalue weighted by Gasteiger charge is -2.44. The molecule has 9 heteroatoms. The van der Waals surface area contributed by atoms with Gasteiger partial charge in [0, 0.05) is 11.6 Å². The van der Waals surface area contributed by atoms with Crippen LogP contribution >= 0.6 is 0 Å². The average Bonchev–Trinajstić information content (AvgIpc) is 3.44. The molecule has 2 aromatic heterocycles. The summed E-state index contributed by atoms with van der Waals surface area (Å²) in [5.74, 6) is 3.01. The van der Waals surface area contributed by atoms with Crippen LogP contribution in [0.5, 0.6) is 11.5 Å². The third-order valence-electron chi connectivity index (χ3n) is 6.25. The van der Waals surface area contributed by atoms with Crippen LogP contribution in [0.2, 0.25) is 0 Å². The Labute approximate surface area is 179 Å². The first-order valence-electron chi connectivity index (χ1n) is 10.5. The molecule has 2 atom stereocenters. The zero-order valence-electron chi connectivity index (χ0n) is 17.9. The molecule has 0 bridgehead atoms. The minimum Gasteiger partial charge on any atom is -0.493 e. The fourth-order valence-electron chi connectivity index (χ4n) is 4.81. The molecule has 0 unspecified atom stereocenters. The van der Waals surface area contributed by atoms with E-state index in [-0.39, 0.29) is 23.8 Å². The number of carbonyl (C=O) groups is 1. The number of carbonyl (C=O) groups excluding carboxylic acids is 1. The zero-order valence-corrected chi connectivity index (χ0v) is 17.9. The van der Waals surface area contributed by atoms with E-state index in [2.05, 4.69) is 19.9 Å². The number of hydrogen-bond acceptors (Lipinski definition) is 7. The molecular formula is C22H25N5O4. The van der Waals surface area contributed by atoms with Crippen LogP contribution < -0.4 is 9.47 Å². The zero-order chi connectivity index (χ0) is 21.5. The van der Waals surface area contributed by atoms with E-state index in [4.69, 9.17) is 14.0 Å². The molecular weight excluding hydrogens is 398 g/mol. The predicted molar refractivity (Wildman–Crippen MR) is 111 cm³/mol. The number of ether oxygens (including phenoxy) is 2. The van der Waals surface area contributed by atoms with Crippen LogP contribution in [0, 0.1) is 6.92 Å². The number of methoxy groups -OCH3 is 2. The Morgan fingerprint density at radius 2 is 1.84 bits per heavy atom. The molecule has 2 aliphatic rings. The molecule has 5 rings (SSSR count). The summed E-state index contributed by atoms with van der Waals surface area (Å²) in [5.41, 5.74) is 1.60. The lowest BCUT2D eigenvalue weighted by molar-refractivity contribution is 0.0383. The van der Waals surface area contributed by atoms with Crippen molar-refractivity contribution in [1.82, 2.24) is 24.8 Å². The van der Waals surface area contributed by atoms with Gasteiger partial charge in [-0.05, 0) is 38.0 Å². The van der Waals surface area contributed by atoms with Crippen LogP contribution in [0.15, 0.2) is 28.8 Å². The summed E-state index contributed by atoms with van der Waals surface area (Å²) in [6.07, 6.45) is 4.10. The molecule has 9 nitrogen and oxygen atoms in total. The van der Waals surface area contributed by atoms with E-state index >= 15 is 0 Å². The Morgan fingerprint density at radius 1 is 1.06 bits per heavy atom. The van der Waals surface area contributed by atoms with Crippen molar-refractivity contribution in [3.63, 3.8) is 0 Å². The van der Waals surface area contributed by atoms with Crippen LogP contribution in [0.3, 0.4) is 0 Å². The smallest absolute Gasteiger partial charge is 0.293 e. The van der Waals surface area contributed by atoms with Gasteiger partial charge in [0.2, 0.25) is 5.76 Å². The molecule has 31 heavy (non-hydrogen) atoms. The SMILES string of the molecule is COc1ccc(-c2nnc3n2[C@H]2CCCC[C@@H]2N(C(=O)c2cc(C)no2)C3)cc1OC. The van der Waals surface area contributed by atoms with Crippen molar-refractivity contribution in [1.29, 1.82) is 0 Å². The molecule has 0 N–H and O–H groups in total. The first-order chi connectivity index (χ1) is 15.1. The van der Waals surface area contributed by atoms with E-state index in [0.717, 1.165) is 42.9 Å². The molecule has 3 aromatic rings. The van der Waals surface area contributed by atoms with Crippen molar-refractivity contribution >= 4 is 5.91 Å². The molecule has 0 saturated heterocycles. The van der Waals surface area contributed by atoms with Gasteiger partial charge < -0.3 is 23.5 Å². The number of nitrogens with zero attached hydrogens (tertiary/aromatic N) is 5. The molecule has 0 radical (unpaired) electrons. The number of aryl methyl sites for hydroxylation is 1. The van der Waals surface area contributed by atoms with Gasteiger partial charge in [0.1, 0.15) is 0 Å². The number of amides is 1. The van der Waals surface area contributed by atoms with E-state index in [0.29, 0.717) is 23.7 Å². The van der Waals surface area contributed by atoms with Crippen molar-refractivity contribution in [2.75, 3.05) is 14.2 Å². The summed E-state index contributed by atoms with van der Waals surface area (Å²) < 4.78 is 18.3. The first kappa shape index (κ1) is 19.6. The summed E-state index contributed by atoms with van der Waals surface area (Å²) >= 11 is 0. The number of hydrogen-bond donors (Lipinski definition) is 0. The van der Waals surface area contributed by atoms with Crippen LogP contribution in [-0.4, -0.2) is 51.0 Å². The molecule has 1 fully saturated rings. The molecule has 3 heterocycles. The molecule has 162 valence electrons. The molecule has 0 spiro atoms. The molecule has 1 amide bonds. The highest BCUT2D eigenvalue weighted by molar-refractivity contribution is 5.91. The summed E-state index contributed by atoms with van der Waals surface area (Å²) in [6.45, 7) is 2.20. The normalized spacial score (nSPS) is 20.2. The van der Waals surface area contributed by atoms with Gasteiger partial charge in [-0.3, -0.25) is 4.79 Å². The fourth-order valence-corrected chi connectivity index (χ4v) is 4.81. The van der Waals surface area contributed by atoms with Gasteiger partial charge in [0.25, 0.3) is 5.91 Å². The summed E-state index contributed by atoms with van der Waals surface area (Å²) in [7, 11) is 3.23. The minimum absolute atomic E-state index is 0.0639. The van der Waals surface area contributed by atoms with E-state index in [9.17, 15) is 4.79 Å². The topological polar surface area (TPSA) is 95.5 Å².